The van der Waals surface area contributed by atoms with Crippen molar-refractivity contribution in [2.45, 2.75) is 6.92 Å². The molecule has 0 heterocycles. The molecule has 0 aliphatic rings. The van der Waals surface area contributed by atoms with Gasteiger partial charge in [-0.3, -0.25) is 14.9 Å². The van der Waals surface area contributed by atoms with Crippen LogP contribution in [0.1, 0.15) is 22.8 Å². The van der Waals surface area contributed by atoms with E-state index in [-0.39, 0.29) is 45.8 Å². The van der Waals surface area contributed by atoms with Crippen LogP contribution in [0.25, 0.3) is 0 Å². The van der Waals surface area contributed by atoms with E-state index < -0.39 is 16.7 Å². The average molecular weight is 398 g/mol. The summed E-state index contributed by atoms with van der Waals surface area (Å²) in [6.45, 7) is 1.54. The lowest BCUT2D eigenvalue weighted by molar-refractivity contribution is -0.384. The van der Waals surface area contributed by atoms with Crippen molar-refractivity contribution in [3.63, 3.8) is 0 Å². The van der Waals surface area contributed by atoms with E-state index in [0.717, 1.165) is 0 Å². The fraction of sp³-hybridized carbons (Fsp3) is 0.176. The van der Waals surface area contributed by atoms with E-state index in [2.05, 4.69) is 0 Å². The van der Waals surface area contributed by atoms with Gasteiger partial charge in [-0.05, 0) is 31.2 Å². The number of nitrogens with zero attached hydrogens (tertiary/aromatic N) is 1. The van der Waals surface area contributed by atoms with Gasteiger partial charge >= 0.3 is 5.97 Å². The maximum absolute atomic E-state index is 12.5. The first-order chi connectivity index (χ1) is 12.3. The lowest BCUT2D eigenvalue weighted by Crippen LogP contribution is -2.15. The molecule has 0 unspecified atom stereocenters. The molecule has 0 aromatic heterocycles. The molecule has 2 aromatic carbocycles. The second-order valence-electron chi connectivity index (χ2n) is 4.97. The summed E-state index contributed by atoms with van der Waals surface area (Å²) in [7, 11) is 0. The van der Waals surface area contributed by atoms with Crippen LogP contribution in [-0.2, 0) is 9.53 Å². The van der Waals surface area contributed by atoms with E-state index in [1.165, 1.54) is 36.4 Å². The first kappa shape index (κ1) is 19.7. The summed E-state index contributed by atoms with van der Waals surface area (Å²) >= 11 is 12.3. The van der Waals surface area contributed by atoms with E-state index in [4.69, 9.17) is 32.7 Å². The van der Waals surface area contributed by atoms with Gasteiger partial charge in [0.15, 0.2) is 12.4 Å². The summed E-state index contributed by atoms with van der Waals surface area (Å²) in [4.78, 5) is 34.0. The number of nitro benzene ring substituents is 1. The fourth-order valence-electron chi connectivity index (χ4n) is 2.05. The molecule has 0 radical (unpaired) electrons. The molecule has 7 nitrogen and oxygen atoms in total. The Hall–Kier alpha value is -2.64. The molecule has 9 heteroatoms. The standard InChI is InChI=1S/C17H13Cl2NO6/c1-2-25-14(21)9-26-13-8-7-12(15(18)16(13)19)17(22)10-3-5-11(6-4-10)20(23)24/h3-8H,2,9H2,1H3. The number of halogens is 2. The maximum atomic E-state index is 12.5. The lowest BCUT2D eigenvalue weighted by atomic mass is 10.0. The third-order valence-electron chi connectivity index (χ3n) is 3.28. The Morgan fingerprint density at radius 2 is 1.73 bits per heavy atom. The van der Waals surface area contributed by atoms with Gasteiger partial charge < -0.3 is 9.47 Å². The zero-order valence-corrected chi connectivity index (χ0v) is 15.0. The average Bonchev–Trinajstić information content (AvgIpc) is 2.62. The lowest BCUT2D eigenvalue weighted by Gasteiger charge is -2.11. The van der Waals surface area contributed by atoms with Crippen LogP contribution in [0.2, 0.25) is 10.0 Å². The van der Waals surface area contributed by atoms with Gasteiger partial charge in [0.1, 0.15) is 10.8 Å². The maximum Gasteiger partial charge on any atom is 0.344 e. The van der Waals surface area contributed by atoms with Crippen LogP contribution in [0.15, 0.2) is 36.4 Å². The Balaban J connectivity index is 2.22. The van der Waals surface area contributed by atoms with Crippen LogP contribution in [0, 0.1) is 10.1 Å². The SMILES string of the molecule is CCOC(=O)COc1ccc(C(=O)c2ccc([N+](=O)[O-])cc2)c(Cl)c1Cl. The molecule has 2 rings (SSSR count). The number of esters is 1. The van der Waals surface area contributed by atoms with Gasteiger partial charge in [-0.25, -0.2) is 4.79 Å². The van der Waals surface area contributed by atoms with Gasteiger partial charge in [0.2, 0.25) is 0 Å². The summed E-state index contributed by atoms with van der Waals surface area (Å²) in [5.74, 6) is -0.889. The number of carbonyl (C=O) groups is 2. The molecule has 0 saturated carbocycles. The van der Waals surface area contributed by atoms with Crippen molar-refractivity contribution in [1.82, 2.24) is 0 Å². The molecule has 0 aliphatic carbocycles. The van der Waals surface area contributed by atoms with Crippen molar-refractivity contribution in [3.8, 4) is 5.75 Å². The highest BCUT2D eigenvalue weighted by molar-refractivity contribution is 6.45. The quantitative estimate of drug-likeness (QED) is 0.302. The molecule has 0 atom stereocenters. The van der Waals surface area contributed by atoms with Crippen molar-refractivity contribution < 1.29 is 24.0 Å². The van der Waals surface area contributed by atoms with Gasteiger partial charge in [0.05, 0.1) is 16.6 Å². The molecular formula is C17H13Cl2NO6. The van der Waals surface area contributed by atoms with Crippen LogP contribution in [0.4, 0.5) is 5.69 Å². The number of non-ortho nitro benzene ring substituents is 1. The molecule has 0 spiro atoms. The Kier molecular flexibility index (Phi) is 6.54. The number of hydrogen-bond acceptors (Lipinski definition) is 6. The van der Waals surface area contributed by atoms with Crippen LogP contribution in [0.3, 0.4) is 0 Å². The van der Waals surface area contributed by atoms with E-state index in [0.29, 0.717) is 0 Å². The third-order valence-corrected chi connectivity index (χ3v) is 4.15. The fourth-order valence-corrected chi connectivity index (χ4v) is 2.51. The van der Waals surface area contributed by atoms with Crippen LogP contribution in [0.5, 0.6) is 5.75 Å². The summed E-state index contributed by atoms with van der Waals surface area (Å²) < 4.78 is 9.98. The molecule has 0 amide bonds. The molecule has 0 saturated heterocycles. The molecule has 0 bridgehead atoms. The summed E-state index contributed by atoms with van der Waals surface area (Å²) in [6, 6.07) is 7.91. The molecular weight excluding hydrogens is 385 g/mol. The Labute approximate surface area is 158 Å². The largest absolute Gasteiger partial charge is 0.480 e. The molecule has 0 aliphatic heterocycles. The number of benzene rings is 2. The van der Waals surface area contributed by atoms with Gasteiger partial charge in [-0.2, -0.15) is 0 Å². The monoisotopic (exact) mass is 397 g/mol. The highest BCUT2D eigenvalue weighted by atomic mass is 35.5. The van der Waals surface area contributed by atoms with E-state index in [1.807, 2.05) is 0 Å². The smallest absolute Gasteiger partial charge is 0.344 e. The number of carbonyl (C=O) groups excluding carboxylic acids is 2. The Morgan fingerprint density at radius 3 is 2.31 bits per heavy atom. The predicted octanol–water partition coefficient (Wildman–Crippen LogP) is 4.07. The molecule has 0 fully saturated rings. The second kappa shape index (κ2) is 8.64. The van der Waals surface area contributed by atoms with Crippen LogP contribution >= 0.6 is 23.2 Å². The van der Waals surface area contributed by atoms with Gasteiger partial charge in [-0.1, -0.05) is 23.2 Å². The molecule has 136 valence electrons. The Morgan fingerprint density at radius 1 is 1.08 bits per heavy atom. The van der Waals surface area contributed by atoms with Gasteiger partial charge in [0.25, 0.3) is 5.69 Å². The summed E-state index contributed by atoms with van der Waals surface area (Å²) in [5.41, 5.74) is 0.191. The van der Waals surface area contributed by atoms with Crippen molar-refractivity contribution in [3.05, 3.63) is 67.7 Å². The number of nitro groups is 1. The second-order valence-corrected chi connectivity index (χ2v) is 5.72. The van der Waals surface area contributed by atoms with E-state index >= 15 is 0 Å². The van der Waals surface area contributed by atoms with E-state index in [9.17, 15) is 19.7 Å². The number of rotatable bonds is 7. The third kappa shape index (κ3) is 4.50. The number of ether oxygens (including phenoxy) is 2. The van der Waals surface area contributed by atoms with Crippen molar-refractivity contribution in [2.75, 3.05) is 13.2 Å². The summed E-state index contributed by atoms with van der Waals surface area (Å²) in [6.07, 6.45) is 0. The van der Waals surface area contributed by atoms with E-state index in [1.54, 1.807) is 6.92 Å². The normalized spacial score (nSPS) is 10.3. The van der Waals surface area contributed by atoms with Crippen molar-refractivity contribution >= 4 is 40.6 Å². The first-order valence-electron chi connectivity index (χ1n) is 7.40. The van der Waals surface area contributed by atoms with Crippen LogP contribution < -0.4 is 4.74 Å². The molecule has 26 heavy (non-hydrogen) atoms. The highest BCUT2D eigenvalue weighted by Crippen LogP contribution is 2.35. The minimum atomic E-state index is -0.564. The number of ketones is 1. The predicted molar refractivity (Wildman–Crippen MR) is 95.1 cm³/mol. The van der Waals surface area contributed by atoms with Gasteiger partial charge in [-0.15, -0.1) is 0 Å². The number of hydrogen-bond donors (Lipinski definition) is 0. The Bertz CT molecular complexity index is 851. The minimum absolute atomic E-state index is 0.0243. The van der Waals surface area contributed by atoms with Crippen molar-refractivity contribution in [2.24, 2.45) is 0 Å². The highest BCUT2D eigenvalue weighted by Gasteiger charge is 2.19. The minimum Gasteiger partial charge on any atom is -0.480 e. The van der Waals surface area contributed by atoms with Crippen molar-refractivity contribution in [1.29, 1.82) is 0 Å². The zero-order chi connectivity index (χ0) is 19.3. The topological polar surface area (TPSA) is 95.7 Å². The first-order valence-corrected chi connectivity index (χ1v) is 8.16. The van der Waals surface area contributed by atoms with Crippen LogP contribution in [-0.4, -0.2) is 29.9 Å². The zero-order valence-electron chi connectivity index (χ0n) is 13.5. The summed E-state index contributed by atoms with van der Waals surface area (Å²) in [5, 5.41) is 10.6. The molecule has 2 aromatic rings. The van der Waals surface area contributed by atoms with Gasteiger partial charge in [0, 0.05) is 23.3 Å². The molecule has 0 N–H and O–H groups in total.